The van der Waals surface area contributed by atoms with Crippen molar-refractivity contribution in [3.63, 3.8) is 0 Å². The fourth-order valence-electron chi connectivity index (χ4n) is 2.36. The molecule has 146 valence electrons. The standard InChI is InChI=1S/C18H16N2O8/c21-17(19-8-12-5-6-15-16(7-12)28-11-27-15)9-26-18(22)10-25-14-4-2-1-3-13(14)20(23)24/h1-7H,8-11H2,(H,19,21). The summed E-state index contributed by atoms with van der Waals surface area (Å²) in [7, 11) is 0. The van der Waals surface area contributed by atoms with Gasteiger partial charge in [0.2, 0.25) is 6.79 Å². The number of hydrogen-bond donors (Lipinski definition) is 1. The van der Waals surface area contributed by atoms with E-state index in [0.29, 0.717) is 11.5 Å². The van der Waals surface area contributed by atoms with Crippen LogP contribution in [0.4, 0.5) is 5.69 Å². The number of nitro benzene ring substituents is 1. The highest BCUT2D eigenvalue weighted by atomic mass is 16.7. The SMILES string of the molecule is O=C(COC(=O)COc1ccccc1[N+](=O)[O-])NCc1ccc2c(c1)OCO2. The van der Waals surface area contributed by atoms with Crippen LogP contribution in [0.15, 0.2) is 42.5 Å². The maximum Gasteiger partial charge on any atom is 0.344 e. The lowest BCUT2D eigenvalue weighted by atomic mass is 10.2. The molecule has 28 heavy (non-hydrogen) atoms. The Kier molecular flexibility index (Phi) is 5.90. The lowest BCUT2D eigenvalue weighted by Gasteiger charge is -2.08. The number of esters is 1. The van der Waals surface area contributed by atoms with Crippen LogP contribution in [0.25, 0.3) is 0 Å². The fourth-order valence-corrected chi connectivity index (χ4v) is 2.36. The predicted molar refractivity (Wildman–Crippen MR) is 94.0 cm³/mol. The Labute approximate surface area is 159 Å². The Morgan fingerprint density at radius 2 is 1.89 bits per heavy atom. The molecule has 0 saturated heterocycles. The molecule has 1 heterocycles. The van der Waals surface area contributed by atoms with Crippen LogP contribution in [-0.2, 0) is 20.9 Å². The van der Waals surface area contributed by atoms with Gasteiger partial charge >= 0.3 is 11.7 Å². The number of carbonyl (C=O) groups is 2. The van der Waals surface area contributed by atoms with Crippen LogP contribution in [0, 0.1) is 10.1 Å². The highest BCUT2D eigenvalue weighted by Crippen LogP contribution is 2.32. The van der Waals surface area contributed by atoms with Crippen molar-refractivity contribution in [2.75, 3.05) is 20.0 Å². The second-order valence-electron chi connectivity index (χ2n) is 5.64. The Morgan fingerprint density at radius 3 is 2.71 bits per heavy atom. The second-order valence-corrected chi connectivity index (χ2v) is 5.64. The summed E-state index contributed by atoms with van der Waals surface area (Å²) in [4.78, 5) is 33.7. The fraction of sp³-hybridized carbons (Fsp3) is 0.222. The van der Waals surface area contributed by atoms with Gasteiger partial charge in [-0.2, -0.15) is 0 Å². The van der Waals surface area contributed by atoms with E-state index in [9.17, 15) is 19.7 Å². The van der Waals surface area contributed by atoms with Crippen molar-refractivity contribution in [3.05, 3.63) is 58.1 Å². The highest BCUT2D eigenvalue weighted by Gasteiger charge is 2.16. The molecule has 2 aromatic carbocycles. The van der Waals surface area contributed by atoms with Crippen molar-refractivity contribution < 1.29 is 33.5 Å². The molecule has 2 aromatic rings. The summed E-state index contributed by atoms with van der Waals surface area (Å²) < 4.78 is 20.3. The van der Waals surface area contributed by atoms with Gasteiger partial charge in [0.15, 0.2) is 30.5 Å². The van der Waals surface area contributed by atoms with E-state index in [4.69, 9.17) is 18.9 Å². The number of hydrogen-bond acceptors (Lipinski definition) is 8. The van der Waals surface area contributed by atoms with E-state index in [2.05, 4.69) is 5.32 Å². The summed E-state index contributed by atoms with van der Waals surface area (Å²) in [5.41, 5.74) is 0.528. The van der Waals surface area contributed by atoms with Gasteiger partial charge < -0.3 is 24.3 Å². The van der Waals surface area contributed by atoms with Crippen LogP contribution in [0.5, 0.6) is 17.2 Å². The first kappa shape index (κ1) is 19.0. The first-order valence-electron chi connectivity index (χ1n) is 8.20. The van der Waals surface area contributed by atoms with Crippen LogP contribution in [0.2, 0.25) is 0 Å². The molecule has 10 heteroatoms. The number of nitrogens with one attached hydrogen (secondary N) is 1. The molecular formula is C18H16N2O8. The lowest BCUT2D eigenvalue weighted by Crippen LogP contribution is -2.29. The number of fused-ring (bicyclic) bond motifs is 1. The zero-order valence-electron chi connectivity index (χ0n) is 14.6. The first-order valence-corrected chi connectivity index (χ1v) is 8.20. The molecule has 1 aliphatic heterocycles. The summed E-state index contributed by atoms with van der Waals surface area (Å²) in [6, 6.07) is 10.9. The number of nitro groups is 1. The molecular weight excluding hydrogens is 372 g/mol. The molecule has 0 aromatic heterocycles. The maximum absolute atomic E-state index is 11.8. The van der Waals surface area contributed by atoms with E-state index in [1.54, 1.807) is 18.2 Å². The van der Waals surface area contributed by atoms with E-state index >= 15 is 0 Å². The van der Waals surface area contributed by atoms with Gasteiger partial charge in [-0.3, -0.25) is 14.9 Å². The van der Waals surface area contributed by atoms with Gasteiger partial charge in [-0.25, -0.2) is 4.79 Å². The summed E-state index contributed by atoms with van der Waals surface area (Å²) in [6.45, 7) is -0.668. The average Bonchev–Trinajstić information content (AvgIpc) is 3.17. The maximum atomic E-state index is 11.8. The minimum Gasteiger partial charge on any atom is -0.475 e. The first-order chi connectivity index (χ1) is 13.5. The van der Waals surface area contributed by atoms with E-state index < -0.39 is 30.0 Å². The van der Waals surface area contributed by atoms with Crippen molar-refractivity contribution in [3.8, 4) is 17.2 Å². The second kappa shape index (κ2) is 8.71. The van der Waals surface area contributed by atoms with E-state index in [1.165, 1.54) is 24.3 Å². The number of amides is 1. The molecule has 0 aliphatic carbocycles. The lowest BCUT2D eigenvalue weighted by molar-refractivity contribution is -0.385. The van der Waals surface area contributed by atoms with E-state index in [1.807, 2.05) is 0 Å². The molecule has 0 fully saturated rings. The minimum absolute atomic E-state index is 0.0586. The van der Waals surface area contributed by atoms with E-state index in [0.717, 1.165) is 5.56 Å². The van der Waals surface area contributed by atoms with Gasteiger partial charge in [0.25, 0.3) is 5.91 Å². The molecule has 0 unspecified atom stereocenters. The summed E-state index contributed by atoms with van der Waals surface area (Å²) >= 11 is 0. The quantitative estimate of drug-likeness (QED) is 0.410. The Hall–Kier alpha value is -3.82. The van der Waals surface area contributed by atoms with Crippen LogP contribution < -0.4 is 19.5 Å². The zero-order chi connectivity index (χ0) is 19.9. The third kappa shape index (κ3) is 4.87. The smallest absolute Gasteiger partial charge is 0.344 e. The molecule has 0 saturated carbocycles. The van der Waals surface area contributed by atoms with E-state index in [-0.39, 0.29) is 24.8 Å². The predicted octanol–water partition coefficient (Wildman–Crippen LogP) is 1.56. The topological polar surface area (TPSA) is 126 Å². The number of ether oxygens (including phenoxy) is 4. The van der Waals surface area contributed by atoms with Gasteiger partial charge in [0, 0.05) is 12.6 Å². The third-order valence-corrected chi connectivity index (χ3v) is 3.70. The monoisotopic (exact) mass is 388 g/mol. The van der Waals surface area contributed by atoms with Crippen LogP contribution in [-0.4, -0.2) is 36.8 Å². The molecule has 0 bridgehead atoms. The number of rotatable bonds is 8. The van der Waals surface area contributed by atoms with Crippen LogP contribution in [0.3, 0.4) is 0 Å². The molecule has 0 atom stereocenters. The van der Waals surface area contributed by atoms with Gasteiger partial charge in [0.1, 0.15) is 0 Å². The van der Waals surface area contributed by atoms with Gasteiger partial charge in [0.05, 0.1) is 4.92 Å². The summed E-state index contributed by atoms with van der Waals surface area (Å²) in [6.07, 6.45) is 0. The van der Waals surface area contributed by atoms with Crippen molar-refractivity contribution in [2.45, 2.75) is 6.54 Å². The average molecular weight is 388 g/mol. The molecule has 3 rings (SSSR count). The Balaban J connectivity index is 1.40. The van der Waals surface area contributed by atoms with Crippen molar-refractivity contribution >= 4 is 17.6 Å². The number of carbonyl (C=O) groups excluding carboxylic acids is 2. The number of para-hydroxylation sites is 2. The van der Waals surface area contributed by atoms with Crippen molar-refractivity contribution in [2.24, 2.45) is 0 Å². The normalized spacial score (nSPS) is 11.6. The van der Waals surface area contributed by atoms with Gasteiger partial charge in [-0.1, -0.05) is 18.2 Å². The minimum atomic E-state index is -0.823. The van der Waals surface area contributed by atoms with Gasteiger partial charge in [-0.05, 0) is 23.8 Å². The number of benzene rings is 2. The molecule has 0 radical (unpaired) electrons. The largest absolute Gasteiger partial charge is 0.475 e. The molecule has 0 spiro atoms. The highest BCUT2D eigenvalue weighted by molar-refractivity contribution is 5.81. The Bertz CT molecular complexity index is 899. The summed E-state index contributed by atoms with van der Waals surface area (Å²) in [5, 5.41) is 13.5. The molecule has 1 aliphatic rings. The molecule has 1 N–H and O–H groups in total. The number of nitrogens with zero attached hydrogens (tertiary/aromatic N) is 1. The molecule has 1 amide bonds. The molecule has 10 nitrogen and oxygen atoms in total. The van der Waals surface area contributed by atoms with Crippen molar-refractivity contribution in [1.82, 2.24) is 5.32 Å². The zero-order valence-corrected chi connectivity index (χ0v) is 14.6. The Morgan fingerprint density at radius 1 is 1.11 bits per heavy atom. The van der Waals surface area contributed by atoms with Crippen molar-refractivity contribution in [1.29, 1.82) is 0 Å². The van der Waals surface area contributed by atoms with Gasteiger partial charge in [-0.15, -0.1) is 0 Å². The third-order valence-electron chi connectivity index (χ3n) is 3.70. The van der Waals surface area contributed by atoms with Crippen LogP contribution >= 0.6 is 0 Å². The summed E-state index contributed by atoms with van der Waals surface area (Å²) in [5.74, 6) is -0.141. The van der Waals surface area contributed by atoms with Crippen LogP contribution in [0.1, 0.15) is 5.56 Å².